The first-order chi connectivity index (χ1) is 10.9. The van der Waals surface area contributed by atoms with Gasteiger partial charge in [0.05, 0.1) is 18.2 Å². The zero-order valence-electron chi connectivity index (χ0n) is 14.9. The molecule has 2 rings (SSSR count). The molecule has 4 atom stereocenters. The van der Waals surface area contributed by atoms with Crippen LogP contribution in [0.5, 0.6) is 0 Å². The molecule has 5 nitrogen and oxygen atoms in total. The minimum Gasteiger partial charge on any atom is -0.444 e. The molecule has 1 aliphatic carbocycles. The first-order valence-corrected chi connectivity index (χ1v) is 10.00. The van der Waals surface area contributed by atoms with E-state index in [0.717, 1.165) is 32.4 Å². The van der Waals surface area contributed by atoms with Crippen molar-refractivity contribution >= 4 is 17.9 Å². The molecule has 2 aliphatic rings. The normalized spacial score (nSPS) is 30.3. The number of hydrogen-bond acceptors (Lipinski definition) is 5. The second kappa shape index (κ2) is 8.58. The molecular formula is C17H32N2O3S. The largest absolute Gasteiger partial charge is 0.444 e. The molecule has 0 aromatic carbocycles. The third-order valence-electron chi connectivity index (χ3n) is 4.35. The van der Waals surface area contributed by atoms with Crippen molar-refractivity contribution in [3.05, 3.63) is 0 Å². The molecule has 1 amide bonds. The Balaban J connectivity index is 1.82. The van der Waals surface area contributed by atoms with E-state index < -0.39 is 5.60 Å². The highest BCUT2D eigenvalue weighted by Crippen LogP contribution is 2.38. The van der Waals surface area contributed by atoms with Gasteiger partial charge in [0.15, 0.2) is 0 Å². The number of alkyl carbamates (subject to hydrolysis) is 1. The molecule has 23 heavy (non-hydrogen) atoms. The number of rotatable bonds is 7. The van der Waals surface area contributed by atoms with Gasteiger partial charge in [0.2, 0.25) is 0 Å². The summed E-state index contributed by atoms with van der Waals surface area (Å²) < 4.78 is 11.3. The minimum absolute atomic E-state index is 0.119. The highest BCUT2D eigenvalue weighted by atomic mass is 32.2. The predicted molar refractivity (Wildman–Crippen MR) is 95.0 cm³/mol. The molecule has 0 aromatic rings. The number of ether oxygens (including phenoxy) is 2. The lowest BCUT2D eigenvalue weighted by Crippen LogP contribution is -2.73. The third-order valence-corrected chi connectivity index (χ3v) is 5.33. The van der Waals surface area contributed by atoms with E-state index in [9.17, 15) is 4.79 Å². The fourth-order valence-electron chi connectivity index (χ4n) is 3.38. The van der Waals surface area contributed by atoms with Crippen LogP contribution in [0.15, 0.2) is 0 Å². The summed E-state index contributed by atoms with van der Waals surface area (Å²) in [5, 5.41) is 6.65. The van der Waals surface area contributed by atoms with Crippen molar-refractivity contribution in [1.82, 2.24) is 10.6 Å². The van der Waals surface area contributed by atoms with Gasteiger partial charge in [-0.2, -0.15) is 11.8 Å². The van der Waals surface area contributed by atoms with Gasteiger partial charge in [0.1, 0.15) is 5.60 Å². The van der Waals surface area contributed by atoms with E-state index in [2.05, 4.69) is 17.6 Å². The molecular weight excluding hydrogens is 312 g/mol. The van der Waals surface area contributed by atoms with Crippen molar-refractivity contribution in [3.8, 4) is 0 Å². The fourth-order valence-corrected chi connectivity index (χ4v) is 4.01. The molecule has 1 aliphatic heterocycles. The van der Waals surface area contributed by atoms with Crippen LogP contribution in [0.25, 0.3) is 0 Å². The van der Waals surface area contributed by atoms with Gasteiger partial charge in [-0.25, -0.2) is 4.79 Å². The van der Waals surface area contributed by atoms with Crippen molar-refractivity contribution in [2.24, 2.45) is 5.92 Å². The molecule has 134 valence electrons. The van der Waals surface area contributed by atoms with Crippen LogP contribution in [0.2, 0.25) is 0 Å². The molecule has 0 bridgehead atoms. The molecule has 1 saturated carbocycles. The number of fused-ring (bicyclic) bond motifs is 1. The molecule has 1 heterocycles. The van der Waals surface area contributed by atoms with E-state index in [4.69, 9.17) is 9.47 Å². The molecule has 2 fully saturated rings. The molecule has 0 aromatic heterocycles. The number of thioether (sulfide) groups is 1. The standard InChI is InChI=1S/C17H32N2O3S/c1-5-23-11-7-9-18-14-13(12-8-6-10-21-15(12)14)19-16(20)22-17(2,3)4/h12-15,18H,5-11H2,1-4H3,(H,19,20). The summed E-state index contributed by atoms with van der Waals surface area (Å²) in [5.74, 6) is 2.76. The van der Waals surface area contributed by atoms with Crippen LogP contribution in [-0.2, 0) is 9.47 Å². The summed E-state index contributed by atoms with van der Waals surface area (Å²) in [6.45, 7) is 9.66. The summed E-state index contributed by atoms with van der Waals surface area (Å²) in [6, 6.07) is 0.327. The Bertz CT molecular complexity index is 387. The number of hydrogen-bond donors (Lipinski definition) is 2. The molecule has 0 spiro atoms. The lowest BCUT2D eigenvalue weighted by molar-refractivity contribution is -0.127. The monoisotopic (exact) mass is 344 g/mol. The second-order valence-electron chi connectivity index (χ2n) is 7.34. The number of amides is 1. The van der Waals surface area contributed by atoms with Crippen LogP contribution in [0, 0.1) is 5.92 Å². The maximum atomic E-state index is 12.1. The van der Waals surface area contributed by atoms with E-state index in [1.54, 1.807) is 0 Å². The van der Waals surface area contributed by atoms with E-state index in [0.29, 0.717) is 5.92 Å². The van der Waals surface area contributed by atoms with Gasteiger partial charge < -0.3 is 20.1 Å². The summed E-state index contributed by atoms with van der Waals surface area (Å²) in [6.07, 6.45) is 3.26. The number of nitrogens with one attached hydrogen (secondary N) is 2. The van der Waals surface area contributed by atoms with Gasteiger partial charge in [-0.1, -0.05) is 6.92 Å². The maximum Gasteiger partial charge on any atom is 0.407 e. The van der Waals surface area contributed by atoms with E-state index in [-0.39, 0.29) is 24.3 Å². The Morgan fingerprint density at radius 2 is 2.13 bits per heavy atom. The third kappa shape index (κ3) is 5.54. The van der Waals surface area contributed by atoms with E-state index in [1.807, 2.05) is 32.5 Å². The first-order valence-electron chi connectivity index (χ1n) is 8.84. The van der Waals surface area contributed by atoms with Crippen LogP contribution < -0.4 is 10.6 Å². The fraction of sp³-hybridized carbons (Fsp3) is 0.941. The van der Waals surface area contributed by atoms with Gasteiger partial charge >= 0.3 is 6.09 Å². The zero-order chi connectivity index (χ0) is 16.9. The van der Waals surface area contributed by atoms with Crippen molar-refractivity contribution in [2.75, 3.05) is 24.7 Å². The highest BCUT2D eigenvalue weighted by molar-refractivity contribution is 7.99. The zero-order valence-corrected chi connectivity index (χ0v) is 15.7. The lowest BCUT2D eigenvalue weighted by atomic mass is 9.68. The Kier molecular flexibility index (Phi) is 7.04. The highest BCUT2D eigenvalue weighted by Gasteiger charge is 2.52. The molecule has 0 radical (unpaired) electrons. The van der Waals surface area contributed by atoms with Gasteiger partial charge in [-0.15, -0.1) is 0 Å². The van der Waals surface area contributed by atoms with E-state index >= 15 is 0 Å². The lowest BCUT2D eigenvalue weighted by Gasteiger charge is -2.54. The van der Waals surface area contributed by atoms with Crippen LogP contribution in [0.3, 0.4) is 0 Å². The molecule has 1 saturated heterocycles. The smallest absolute Gasteiger partial charge is 0.407 e. The van der Waals surface area contributed by atoms with Crippen molar-refractivity contribution in [1.29, 1.82) is 0 Å². The maximum absolute atomic E-state index is 12.1. The Morgan fingerprint density at radius 1 is 1.35 bits per heavy atom. The van der Waals surface area contributed by atoms with Gasteiger partial charge in [0.25, 0.3) is 0 Å². The minimum atomic E-state index is -0.462. The average Bonchev–Trinajstić information content (AvgIpc) is 2.47. The Morgan fingerprint density at radius 3 is 2.83 bits per heavy atom. The molecule has 6 heteroatoms. The topological polar surface area (TPSA) is 59.6 Å². The van der Waals surface area contributed by atoms with Crippen molar-refractivity contribution in [2.45, 2.75) is 70.7 Å². The van der Waals surface area contributed by atoms with Crippen molar-refractivity contribution < 1.29 is 14.3 Å². The second-order valence-corrected chi connectivity index (χ2v) is 8.74. The quantitative estimate of drug-likeness (QED) is 0.696. The SMILES string of the molecule is CCSCCCNC1C(NC(=O)OC(C)(C)C)C2CCCOC21. The number of carbonyl (C=O) groups is 1. The summed E-state index contributed by atoms with van der Waals surface area (Å²) >= 11 is 1.96. The Hall–Kier alpha value is -0.460. The van der Waals surface area contributed by atoms with Crippen LogP contribution in [-0.4, -0.2) is 54.5 Å². The van der Waals surface area contributed by atoms with Crippen molar-refractivity contribution in [3.63, 3.8) is 0 Å². The van der Waals surface area contributed by atoms with Gasteiger partial charge in [-0.3, -0.25) is 0 Å². The van der Waals surface area contributed by atoms with Gasteiger partial charge in [-0.05, 0) is 58.1 Å². The molecule has 2 N–H and O–H groups in total. The van der Waals surface area contributed by atoms with Crippen LogP contribution in [0.4, 0.5) is 4.79 Å². The summed E-state index contributed by atoms with van der Waals surface area (Å²) in [4.78, 5) is 12.1. The molecule has 4 unspecified atom stereocenters. The van der Waals surface area contributed by atoms with Gasteiger partial charge in [0, 0.05) is 12.5 Å². The van der Waals surface area contributed by atoms with Crippen LogP contribution in [0.1, 0.15) is 47.0 Å². The predicted octanol–water partition coefficient (Wildman–Crippen LogP) is 2.79. The Labute approximate surface area is 144 Å². The average molecular weight is 345 g/mol. The number of carbonyl (C=O) groups excluding carboxylic acids is 1. The van der Waals surface area contributed by atoms with E-state index in [1.165, 1.54) is 11.5 Å². The first kappa shape index (κ1) is 18.9. The summed E-state index contributed by atoms with van der Waals surface area (Å²) in [7, 11) is 0. The summed E-state index contributed by atoms with van der Waals surface area (Å²) in [5.41, 5.74) is -0.462. The van der Waals surface area contributed by atoms with Crippen LogP contribution >= 0.6 is 11.8 Å².